The van der Waals surface area contributed by atoms with Gasteiger partial charge in [-0.15, -0.1) is 0 Å². The first kappa shape index (κ1) is 15.9. The Labute approximate surface area is 113 Å². The molecule has 0 aromatic rings. The molecule has 0 heterocycles. The quantitative estimate of drug-likeness (QED) is 0.691. The third kappa shape index (κ3) is 6.04. The van der Waals surface area contributed by atoms with Crippen LogP contribution < -0.4 is 5.32 Å². The SMILES string of the molecule is CS(=O)(=O)CCCNC(=O)C1CCCC(C(=O)O)C1. The number of aliphatic carboxylic acids is 1. The van der Waals surface area contributed by atoms with Crippen LogP contribution in [-0.4, -0.2) is 44.0 Å². The summed E-state index contributed by atoms with van der Waals surface area (Å²) in [5.74, 6) is -1.63. The highest BCUT2D eigenvalue weighted by Crippen LogP contribution is 2.29. The second-order valence-corrected chi connectivity index (χ2v) is 7.43. The summed E-state index contributed by atoms with van der Waals surface area (Å²) in [5, 5.41) is 11.6. The van der Waals surface area contributed by atoms with Gasteiger partial charge in [0.2, 0.25) is 5.91 Å². The number of hydrogen-bond acceptors (Lipinski definition) is 4. The molecular formula is C12H21NO5S. The molecule has 1 rings (SSSR count). The highest BCUT2D eigenvalue weighted by molar-refractivity contribution is 7.90. The lowest BCUT2D eigenvalue weighted by Gasteiger charge is -2.25. The van der Waals surface area contributed by atoms with Gasteiger partial charge in [-0.05, 0) is 25.7 Å². The van der Waals surface area contributed by atoms with E-state index < -0.39 is 21.7 Å². The maximum absolute atomic E-state index is 11.8. The van der Waals surface area contributed by atoms with Crippen LogP contribution in [0.1, 0.15) is 32.1 Å². The molecule has 1 aliphatic carbocycles. The van der Waals surface area contributed by atoms with Gasteiger partial charge in [0.25, 0.3) is 0 Å². The molecule has 110 valence electrons. The summed E-state index contributed by atoms with van der Waals surface area (Å²) in [6.45, 7) is 0.320. The third-order valence-electron chi connectivity index (χ3n) is 3.39. The van der Waals surface area contributed by atoms with E-state index in [2.05, 4.69) is 5.32 Å². The minimum atomic E-state index is -3.00. The maximum Gasteiger partial charge on any atom is 0.306 e. The second kappa shape index (κ2) is 6.88. The van der Waals surface area contributed by atoms with E-state index in [0.717, 1.165) is 12.7 Å². The predicted molar refractivity (Wildman–Crippen MR) is 70.4 cm³/mol. The summed E-state index contributed by atoms with van der Waals surface area (Å²) in [5.41, 5.74) is 0. The zero-order chi connectivity index (χ0) is 14.5. The largest absolute Gasteiger partial charge is 0.481 e. The predicted octanol–water partition coefficient (Wildman–Crippen LogP) is 0.428. The van der Waals surface area contributed by atoms with Crippen LogP contribution in [0.2, 0.25) is 0 Å². The van der Waals surface area contributed by atoms with E-state index in [-0.39, 0.29) is 17.6 Å². The van der Waals surface area contributed by atoms with Crippen LogP contribution in [-0.2, 0) is 19.4 Å². The molecule has 1 saturated carbocycles. The zero-order valence-electron chi connectivity index (χ0n) is 11.1. The van der Waals surface area contributed by atoms with Crippen LogP contribution >= 0.6 is 0 Å². The smallest absolute Gasteiger partial charge is 0.306 e. The van der Waals surface area contributed by atoms with Crippen molar-refractivity contribution in [1.29, 1.82) is 0 Å². The van der Waals surface area contributed by atoms with Gasteiger partial charge in [-0.25, -0.2) is 8.42 Å². The number of rotatable bonds is 6. The van der Waals surface area contributed by atoms with Gasteiger partial charge in [-0.1, -0.05) is 6.42 Å². The Kier molecular flexibility index (Phi) is 5.78. The van der Waals surface area contributed by atoms with Gasteiger partial charge in [-0.2, -0.15) is 0 Å². The molecule has 7 heteroatoms. The molecule has 6 nitrogen and oxygen atoms in total. The summed E-state index contributed by atoms with van der Waals surface area (Å²) >= 11 is 0. The molecule has 19 heavy (non-hydrogen) atoms. The highest BCUT2D eigenvalue weighted by atomic mass is 32.2. The lowest BCUT2D eigenvalue weighted by molar-refractivity contribution is -0.144. The molecule has 0 radical (unpaired) electrons. The fraction of sp³-hybridized carbons (Fsp3) is 0.833. The van der Waals surface area contributed by atoms with Crippen molar-refractivity contribution in [2.45, 2.75) is 32.1 Å². The summed E-state index contributed by atoms with van der Waals surface area (Å²) in [6.07, 6.45) is 4.02. The van der Waals surface area contributed by atoms with E-state index in [1.54, 1.807) is 0 Å². The van der Waals surface area contributed by atoms with Crippen LogP contribution in [0.3, 0.4) is 0 Å². The number of amides is 1. The Morgan fingerprint density at radius 2 is 1.89 bits per heavy atom. The molecule has 2 N–H and O–H groups in total. The molecule has 0 aromatic carbocycles. The number of carboxylic acids is 1. The fourth-order valence-electron chi connectivity index (χ4n) is 2.34. The van der Waals surface area contributed by atoms with Crippen molar-refractivity contribution in [3.63, 3.8) is 0 Å². The Balaban J connectivity index is 2.31. The van der Waals surface area contributed by atoms with Gasteiger partial charge in [0.05, 0.1) is 11.7 Å². The van der Waals surface area contributed by atoms with Crippen molar-refractivity contribution in [1.82, 2.24) is 5.32 Å². The standard InChI is InChI=1S/C12H21NO5S/c1-19(17,18)7-3-6-13-11(14)9-4-2-5-10(8-9)12(15)16/h9-10H,2-8H2,1H3,(H,13,14)(H,15,16). The second-order valence-electron chi connectivity index (χ2n) is 5.17. The minimum absolute atomic E-state index is 0.0513. The van der Waals surface area contributed by atoms with Gasteiger partial charge in [0.1, 0.15) is 9.84 Å². The molecule has 1 aliphatic rings. The van der Waals surface area contributed by atoms with Crippen molar-refractivity contribution in [3.8, 4) is 0 Å². The monoisotopic (exact) mass is 291 g/mol. The van der Waals surface area contributed by atoms with Gasteiger partial charge < -0.3 is 10.4 Å². The van der Waals surface area contributed by atoms with Crippen LogP contribution in [0.15, 0.2) is 0 Å². The zero-order valence-corrected chi connectivity index (χ0v) is 11.9. The van der Waals surface area contributed by atoms with Crippen molar-refractivity contribution in [2.75, 3.05) is 18.6 Å². The molecule has 2 unspecified atom stereocenters. The van der Waals surface area contributed by atoms with E-state index in [0.29, 0.717) is 32.2 Å². The first-order chi connectivity index (χ1) is 8.79. The summed E-state index contributed by atoms with van der Waals surface area (Å²) in [6, 6.07) is 0. The Morgan fingerprint density at radius 3 is 2.47 bits per heavy atom. The fourth-order valence-corrected chi connectivity index (χ4v) is 3.01. The van der Waals surface area contributed by atoms with Crippen molar-refractivity contribution in [2.24, 2.45) is 11.8 Å². The minimum Gasteiger partial charge on any atom is -0.481 e. The molecular weight excluding hydrogens is 270 g/mol. The topological polar surface area (TPSA) is 101 Å². The van der Waals surface area contributed by atoms with Crippen LogP contribution in [0.5, 0.6) is 0 Å². The van der Waals surface area contributed by atoms with Gasteiger partial charge in [0, 0.05) is 18.7 Å². The Bertz CT molecular complexity index is 431. The molecule has 0 aliphatic heterocycles. The summed E-state index contributed by atoms with van der Waals surface area (Å²) in [7, 11) is -3.00. The number of carboxylic acid groups (broad SMARTS) is 1. The van der Waals surface area contributed by atoms with Crippen LogP contribution in [0.25, 0.3) is 0 Å². The van der Waals surface area contributed by atoms with Gasteiger partial charge >= 0.3 is 5.97 Å². The first-order valence-electron chi connectivity index (χ1n) is 6.48. The number of nitrogens with one attached hydrogen (secondary N) is 1. The summed E-state index contributed by atoms with van der Waals surface area (Å²) < 4.78 is 21.8. The number of hydrogen-bond donors (Lipinski definition) is 2. The van der Waals surface area contributed by atoms with Crippen LogP contribution in [0, 0.1) is 11.8 Å². The van der Waals surface area contributed by atoms with Crippen LogP contribution in [0.4, 0.5) is 0 Å². The Hall–Kier alpha value is -1.11. The number of carbonyl (C=O) groups is 2. The van der Waals surface area contributed by atoms with Gasteiger partial charge in [0.15, 0.2) is 0 Å². The normalized spacial score (nSPS) is 23.8. The Morgan fingerprint density at radius 1 is 1.26 bits per heavy atom. The van der Waals surface area contributed by atoms with Crippen molar-refractivity contribution < 1.29 is 23.1 Å². The van der Waals surface area contributed by atoms with Crippen molar-refractivity contribution in [3.05, 3.63) is 0 Å². The van der Waals surface area contributed by atoms with E-state index in [1.165, 1.54) is 0 Å². The average Bonchev–Trinajstić information content (AvgIpc) is 2.33. The van der Waals surface area contributed by atoms with E-state index in [4.69, 9.17) is 5.11 Å². The summed E-state index contributed by atoms with van der Waals surface area (Å²) in [4.78, 5) is 22.7. The number of carbonyl (C=O) groups excluding carboxylic acids is 1. The maximum atomic E-state index is 11.8. The number of sulfone groups is 1. The lowest BCUT2D eigenvalue weighted by Crippen LogP contribution is -2.36. The molecule has 1 fully saturated rings. The molecule has 0 spiro atoms. The van der Waals surface area contributed by atoms with Crippen molar-refractivity contribution >= 4 is 21.7 Å². The molecule has 1 amide bonds. The van der Waals surface area contributed by atoms with Gasteiger partial charge in [-0.3, -0.25) is 9.59 Å². The average molecular weight is 291 g/mol. The molecule has 2 atom stereocenters. The lowest BCUT2D eigenvalue weighted by atomic mass is 9.81. The molecule has 0 saturated heterocycles. The van der Waals surface area contributed by atoms with E-state index in [9.17, 15) is 18.0 Å². The highest BCUT2D eigenvalue weighted by Gasteiger charge is 2.30. The van der Waals surface area contributed by atoms with E-state index in [1.807, 2.05) is 0 Å². The molecule has 0 aromatic heterocycles. The molecule has 0 bridgehead atoms. The van der Waals surface area contributed by atoms with E-state index >= 15 is 0 Å². The first-order valence-corrected chi connectivity index (χ1v) is 8.54. The third-order valence-corrected chi connectivity index (χ3v) is 4.42.